The van der Waals surface area contributed by atoms with Gasteiger partial charge in [-0.3, -0.25) is 4.79 Å². The molecule has 1 aromatic carbocycles. The van der Waals surface area contributed by atoms with Gasteiger partial charge in [0, 0.05) is 6.04 Å². The summed E-state index contributed by atoms with van der Waals surface area (Å²) >= 11 is 0. The minimum Gasteiger partial charge on any atom is -0.465 e. The van der Waals surface area contributed by atoms with Gasteiger partial charge in [-0.1, -0.05) is 44.0 Å². The summed E-state index contributed by atoms with van der Waals surface area (Å²) in [6.07, 6.45) is 4.90. The van der Waals surface area contributed by atoms with Crippen LogP contribution in [0.2, 0.25) is 0 Å². The fraction of sp³-hybridized carbons (Fsp3) is 0.526. The molecular weight excluding hydrogens is 320 g/mol. The molecule has 0 saturated heterocycles. The second kappa shape index (κ2) is 9.20. The Balaban J connectivity index is 1.75. The largest absolute Gasteiger partial charge is 0.465 e. The van der Waals surface area contributed by atoms with Crippen molar-refractivity contribution >= 4 is 18.1 Å². The first-order valence-electron chi connectivity index (χ1n) is 8.64. The maximum Gasteiger partial charge on any atom is 0.337 e. The van der Waals surface area contributed by atoms with E-state index in [9.17, 15) is 9.59 Å². The predicted octanol–water partition coefficient (Wildman–Crippen LogP) is 2.76. The molecule has 3 atom stereocenters. The summed E-state index contributed by atoms with van der Waals surface area (Å²) in [4.78, 5) is 28.4. The molecule has 0 radical (unpaired) electrons. The van der Waals surface area contributed by atoms with Crippen molar-refractivity contribution in [2.75, 3.05) is 13.7 Å². The molecule has 1 aliphatic rings. The van der Waals surface area contributed by atoms with Gasteiger partial charge in [0.25, 0.3) is 5.91 Å². The lowest BCUT2D eigenvalue weighted by atomic mass is 9.78. The van der Waals surface area contributed by atoms with Crippen LogP contribution in [0.5, 0.6) is 0 Å². The number of methoxy groups -OCH3 is 1. The normalized spacial score (nSPS) is 23.2. The lowest BCUT2D eigenvalue weighted by molar-refractivity contribution is -0.127. The number of carbonyl (C=O) groups excluding carboxylic acids is 2. The van der Waals surface area contributed by atoms with Gasteiger partial charge in [0.2, 0.25) is 0 Å². The number of amides is 1. The fourth-order valence-electron chi connectivity index (χ4n) is 3.05. The number of oxime groups is 1. The van der Waals surface area contributed by atoms with Crippen LogP contribution in [-0.2, 0) is 14.4 Å². The molecule has 1 amide bonds. The summed E-state index contributed by atoms with van der Waals surface area (Å²) in [5.74, 6) is 0.576. The Morgan fingerprint density at radius 2 is 1.96 bits per heavy atom. The topological polar surface area (TPSA) is 77.0 Å². The van der Waals surface area contributed by atoms with Gasteiger partial charge in [-0.05, 0) is 36.0 Å². The summed E-state index contributed by atoms with van der Waals surface area (Å²) in [6.45, 7) is 4.31. The van der Waals surface area contributed by atoms with Crippen LogP contribution in [-0.4, -0.2) is 37.8 Å². The summed E-state index contributed by atoms with van der Waals surface area (Å²) < 4.78 is 4.64. The van der Waals surface area contributed by atoms with Crippen LogP contribution in [0.4, 0.5) is 0 Å². The molecule has 1 fully saturated rings. The number of ether oxygens (including phenoxy) is 1. The van der Waals surface area contributed by atoms with Crippen molar-refractivity contribution in [3.63, 3.8) is 0 Å². The monoisotopic (exact) mass is 346 g/mol. The van der Waals surface area contributed by atoms with Gasteiger partial charge in [-0.25, -0.2) is 4.79 Å². The Kier molecular flexibility index (Phi) is 6.98. The van der Waals surface area contributed by atoms with Crippen molar-refractivity contribution in [1.29, 1.82) is 0 Å². The number of rotatable bonds is 6. The Labute approximate surface area is 148 Å². The summed E-state index contributed by atoms with van der Waals surface area (Å²) in [7, 11) is 1.34. The van der Waals surface area contributed by atoms with E-state index in [-0.39, 0.29) is 24.5 Å². The van der Waals surface area contributed by atoms with Gasteiger partial charge in [-0.15, -0.1) is 0 Å². The average Bonchev–Trinajstić information content (AvgIpc) is 2.62. The minimum absolute atomic E-state index is 0.103. The Morgan fingerprint density at radius 1 is 1.24 bits per heavy atom. The highest BCUT2D eigenvalue weighted by Gasteiger charge is 2.28. The van der Waals surface area contributed by atoms with Crippen molar-refractivity contribution < 1.29 is 19.2 Å². The van der Waals surface area contributed by atoms with E-state index in [2.05, 4.69) is 29.1 Å². The number of nitrogens with zero attached hydrogens (tertiary/aromatic N) is 1. The second-order valence-electron chi connectivity index (χ2n) is 6.56. The molecule has 0 spiro atoms. The summed E-state index contributed by atoms with van der Waals surface area (Å²) in [6, 6.07) is 6.96. The molecule has 1 aromatic rings. The molecule has 1 N–H and O–H groups in total. The van der Waals surface area contributed by atoms with Crippen LogP contribution in [0.3, 0.4) is 0 Å². The van der Waals surface area contributed by atoms with Crippen molar-refractivity contribution in [2.45, 2.75) is 39.2 Å². The molecule has 6 nitrogen and oxygen atoms in total. The molecule has 0 aromatic heterocycles. The molecule has 1 aliphatic carbocycles. The molecule has 0 aliphatic heterocycles. The van der Waals surface area contributed by atoms with Crippen molar-refractivity contribution in [3.05, 3.63) is 35.4 Å². The first-order chi connectivity index (χ1) is 12.0. The molecular formula is C19H26N2O4. The van der Waals surface area contributed by atoms with E-state index >= 15 is 0 Å². The van der Waals surface area contributed by atoms with Crippen molar-refractivity contribution in [2.24, 2.45) is 17.0 Å². The molecule has 6 heteroatoms. The minimum atomic E-state index is -0.386. The third-order valence-electron chi connectivity index (χ3n) is 4.86. The van der Waals surface area contributed by atoms with Crippen LogP contribution in [0.1, 0.15) is 49.0 Å². The van der Waals surface area contributed by atoms with Gasteiger partial charge in [0.15, 0.2) is 6.61 Å². The second-order valence-corrected chi connectivity index (χ2v) is 6.56. The van der Waals surface area contributed by atoms with Crippen LogP contribution < -0.4 is 5.32 Å². The average molecular weight is 346 g/mol. The van der Waals surface area contributed by atoms with Gasteiger partial charge >= 0.3 is 5.97 Å². The zero-order chi connectivity index (χ0) is 18.2. The first kappa shape index (κ1) is 19.0. The van der Waals surface area contributed by atoms with Gasteiger partial charge < -0.3 is 14.9 Å². The molecule has 2 rings (SSSR count). The zero-order valence-electron chi connectivity index (χ0n) is 15.0. The fourth-order valence-corrected chi connectivity index (χ4v) is 3.05. The van der Waals surface area contributed by atoms with Crippen LogP contribution >= 0.6 is 0 Å². The Bertz CT molecular complexity index is 612. The summed E-state index contributed by atoms with van der Waals surface area (Å²) in [5, 5.41) is 6.84. The molecule has 1 saturated carbocycles. The highest BCUT2D eigenvalue weighted by atomic mass is 16.6. The Morgan fingerprint density at radius 3 is 2.64 bits per heavy atom. The lowest BCUT2D eigenvalue weighted by Gasteiger charge is -2.34. The number of benzene rings is 1. The van der Waals surface area contributed by atoms with Crippen LogP contribution in [0.15, 0.2) is 29.4 Å². The smallest absolute Gasteiger partial charge is 0.337 e. The first-order valence-corrected chi connectivity index (χ1v) is 8.64. The van der Waals surface area contributed by atoms with E-state index in [0.717, 1.165) is 18.4 Å². The van der Waals surface area contributed by atoms with Crippen molar-refractivity contribution in [3.8, 4) is 0 Å². The maximum atomic E-state index is 12.0. The third kappa shape index (κ3) is 5.59. The molecule has 0 heterocycles. The molecule has 25 heavy (non-hydrogen) atoms. The number of nitrogens with one attached hydrogen (secondary N) is 1. The highest BCUT2D eigenvalue weighted by molar-refractivity contribution is 5.90. The van der Waals surface area contributed by atoms with E-state index < -0.39 is 0 Å². The maximum absolute atomic E-state index is 12.0. The third-order valence-corrected chi connectivity index (χ3v) is 4.86. The molecule has 136 valence electrons. The number of esters is 1. The highest BCUT2D eigenvalue weighted by Crippen LogP contribution is 2.29. The zero-order valence-corrected chi connectivity index (χ0v) is 15.0. The molecule has 0 bridgehead atoms. The predicted molar refractivity (Wildman–Crippen MR) is 95.4 cm³/mol. The van der Waals surface area contributed by atoms with E-state index in [1.807, 2.05) is 0 Å². The van der Waals surface area contributed by atoms with E-state index in [4.69, 9.17) is 4.84 Å². The lowest BCUT2D eigenvalue weighted by Crippen LogP contribution is -2.44. The van der Waals surface area contributed by atoms with Gasteiger partial charge in [-0.2, -0.15) is 0 Å². The number of hydrogen-bond acceptors (Lipinski definition) is 5. The SMILES string of the molecule is COC(=O)c1ccc(/C=N\OCC(=O)N[C@@H]2CCC[C@H](C)[C@@H]2C)cc1. The van der Waals surface area contributed by atoms with E-state index in [1.165, 1.54) is 19.7 Å². The summed E-state index contributed by atoms with van der Waals surface area (Å²) in [5.41, 5.74) is 1.23. The van der Waals surface area contributed by atoms with Crippen molar-refractivity contribution in [1.82, 2.24) is 5.32 Å². The van der Waals surface area contributed by atoms with Gasteiger partial charge in [0.05, 0.1) is 18.9 Å². The van der Waals surface area contributed by atoms with E-state index in [0.29, 0.717) is 17.4 Å². The number of hydrogen-bond donors (Lipinski definition) is 1. The number of carbonyl (C=O) groups is 2. The van der Waals surface area contributed by atoms with E-state index in [1.54, 1.807) is 24.3 Å². The Hall–Kier alpha value is -2.37. The van der Waals surface area contributed by atoms with Crippen LogP contribution in [0.25, 0.3) is 0 Å². The quantitative estimate of drug-likeness (QED) is 0.488. The standard InChI is InChI=1S/C19H26N2O4/c1-13-5-4-6-17(14(13)2)21-18(22)12-25-20-11-15-7-9-16(10-8-15)19(23)24-3/h7-11,13-14,17H,4-6,12H2,1-3H3,(H,21,22)/b20-11-/t13-,14-,17+/m0/s1. The van der Waals surface area contributed by atoms with Crippen LogP contribution in [0, 0.1) is 11.8 Å². The van der Waals surface area contributed by atoms with Gasteiger partial charge in [0.1, 0.15) is 0 Å². The molecule has 0 unspecified atom stereocenters.